The van der Waals surface area contributed by atoms with Crippen molar-refractivity contribution < 1.29 is 19.5 Å². The van der Waals surface area contributed by atoms with E-state index in [2.05, 4.69) is 10.6 Å². The number of urea groups is 1. The standard InChI is InChI=1S/C13H21N3O4/c17-11-8-16(6-2-5-14-11)13(20)15-10-4-1-3-9(7-10)12(18)19/h9-10H,1-8H2,(H,14,17)(H,15,20)(H,18,19). The fourth-order valence-electron chi connectivity index (χ4n) is 2.79. The van der Waals surface area contributed by atoms with E-state index < -0.39 is 5.97 Å². The molecule has 0 aromatic carbocycles. The minimum Gasteiger partial charge on any atom is -0.481 e. The second-order valence-corrected chi connectivity index (χ2v) is 5.47. The summed E-state index contributed by atoms with van der Waals surface area (Å²) in [4.78, 5) is 36.0. The van der Waals surface area contributed by atoms with E-state index in [1.54, 1.807) is 0 Å². The number of carbonyl (C=O) groups is 3. The average molecular weight is 283 g/mol. The maximum Gasteiger partial charge on any atom is 0.318 e. The number of nitrogens with zero attached hydrogens (tertiary/aromatic N) is 1. The zero-order chi connectivity index (χ0) is 14.5. The first kappa shape index (κ1) is 14.6. The highest BCUT2D eigenvalue weighted by Gasteiger charge is 2.29. The predicted molar refractivity (Wildman–Crippen MR) is 71.1 cm³/mol. The summed E-state index contributed by atoms with van der Waals surface area (Å²) in [5.74, 6) is -1.32. The van der Waals surface area contributed by atoms with E-state index in [1.165, 1.54) is 4.90 Å². The van der Waals surface area contributed by atoms with Gasteiger partial charge in [-0.05, 0) is 25.7 Å². The van der Waals surface area contributed by atoms with Gasteiger partial charge in [0, 0.05) is 19.1 Å². The van der Waals surface area contributed by atoms with Gasteiger partial charge in [-0.15, -0.1) is 0 Å². The highest BCUT2D eigenvalue weighted by molar-refractivity contribution is 5.84. The molecule has 3 N–H and O–H groups in total. The highest BCUT2D eigenvalue weighted by Crippen LogP contribution is 2.24. The number of carbonyl (C=O) groups excluding carboxylic acids is 2. The van der Waals surface area contributed by atoms with Crippen LogP contribution < -0.4 is 10.6 Å². The molecular formula is C13H21N3O4. The molecule has 2 rings (SSSR count). The molecule has 2 unspecified atom stereocenters. The van der Waals surface area contributed by atoms with Crippen LogP contribution in [0.15, 0.2) is 0 Å². The number of hydrogen-bond acceptors (Lipinski definition) is 3. The lowest BCUT2D eigenvalue weighted by Crippen LogP contribution is -2.48. The first-order valence-corrected chi connectivity index (χ1v) is 7.11. The fraction of sp³-hybridized carbons (Fsp3) is 0.769. The summed E-state index contributed by atoms with van der Waals surface area (Å²) < 4.78 is 0. The van der Waals surface area contributed by atoms with Gasteiger partial charge in [-0.3, -0.25) is 9.59 Å². The van der Waals surface area contributed by atoms with Crippen LogP contribution >= 0.6 is 0 Å². The van der Waals surface area contributed by atoms with Gasteiger partial charge in [0.05, 0.1) is 5.92 Å². The van der Waals surface area contributed by atoms with E-state index in [0.717, 1.165) is 19.3 Å². The van der Waals surface area contributed by atoms with Crippen molar-refractivity contribution in [1.82, 2.24) is 15.5 Å². The Morgan fingerprint density at radius 1 is 1.30 bits per heavy atom. The van der Waals surface area contributed by atoms with E-state index in [4.69, 9.17) is 5.11 Å². The molecular weight excluding hydrogens is 262 g/mol. The maximum atomic E-state index is 12.1. The number of carboxylic acid groups (broad SMARTS) is 1. The molecule has 3 amide bonds. The van der Waals surface area contributed by atoms with Crippen LogP contribution in [0, 0.1) is 5.92 Å². The van der Waals surface area contributed by atoms with Crippen LogP contribution in [0.2, 0.25) is 0 Å². The molecule has 1 saturated heterocycles. The maximum absolute atomic E-state index is 12.1. The van der Waals surface area contributed by atoms with Gasteiger partial charge in [0.15, 0.2) is 0 Å². The zero-order valence-electron chi connectivity index (χ0n) is 11.4. The highest BCUT2D eigenvalue weighted by atomic mass is 16.4. The molecule has 1 aliphatic heterocycles. The van der Waals surface area contributed by atoms with E-state index in [0.29, 0.717) is 25.9 Å². The van der Waals surface area contributed by atoms with Crippen molar-refractivity contribution in [3.63, 3.8) is 0 Å². The minimum atomic E-state index is -0.793. The Hall–Kier alpha value is -1.79. The first-order valence-electron chi connectivity index (χ1n) is 7.11. The Kier molecular flexibility index (Phi) is 4.81. The molecule has 7 nitrogen and oxygen atoms in total. The smallest absolute Gasteiger partial charge is 0.318 e. The third-order valence-electron chi connectivity index (χ3n) is 3.90. The third kappa shape index (κ3) is 3.85. The van der Waals surface area contributed by atoms with Crippen molar-refractivity contribution in [3.05, 3.63) is 0 Å². The number of hydrogen-bond donors (Lipinski definition) is 3. The normalized spacial score (nSPS) is 27.4. The molecule has 7 heteroatoms. The summed E-state index contributed by atoms with van der Waals surface area (Å²) in [6.07, 6.45) is 3.49. The molecule has 2 fully saturated rings. The van der Waals surface area contributed by atoms with Crippen LogP contribution in [-0.4, -0.2) is 53.6 Å². The number of aliphatic carboxylic acids is 1. The second kappa shape index (κ2) is 6.58. The summed E-state index contributed by atoms with van der Waals surface area (Å²) in [6, 6.07) is -0.373. The van der Waals surface area contributed by atoms with Crippen molar-refractivity contribution >= 4 is 17.9 Å². The lowest BCUT2D eigenvalue weighted by atomic mass is 9.86. The largest absolute Gasteiger partial charge is 0.481 e. The lowest BCUT2D eigenvalue weighted by molar-refractivity contribution is -0.143. The van der Waals surface area contributed by atoms with Gasteiger partial charge in [-0.2, -0.15) is 0 Å². The van der Waals surface area contributed by atoms with Gasteiger partial charge in [0.1, 0.15) is 6.54 Å². The Morgan fingerprint density at radius 3 is 2.85 bits per heavy atom. The molecule has 1 heterocycles. The Labute approximate surface area is 117 Å². The third-order valence-corrected chi connectivity index (χ3v) is 3.90. The average Bonchev–Trinajstić information content (AvgIpc) is 2.63. The SMILES string of the molecule is O=C1CN(C(=O)NC2CCCC(C(=O)O)C2)CCCN1. The lowest BCUT2D eigenvalue weighted by Gasteiger charge is -2.29. The molecule has 0 aromatic rings. The number of rotatable bonds is 2. The number of carboxylic acids is 1. The van der Waals surface area contributed by atoms with Crippen molar-refractivity contribution in [2.24, 2.45) is 5.92 Å². The molecule has 1 aliphatic carbocycles. The molecule has 2 atom stereocenters. The summed E-state index contributed by atoms with van der Waals surface area (Å²) in [6.45, 7) is 1.20. The Morgan fingerprint density at radius 2 is 2.10 bits per heavy atom. The van der Waals surface area contributed by atoms with Gasteiger partial charge in [0.2, 0.25) is 5.91 Å². The monoisotopic (exact) mass is 283 g/mol. The van der Waals surface area contributed by atoms with Gasteiger partial charge in [-0.25, -0.2) is 4.79 Å². The van der Waals surface area contributed by atoms with E-state index in [-0.39, 0.29) is 30.4 Å². The van der Waals surface area contributed by atoms with Gasteiger partial charge < -0.3 is 20.6 Å². The van der Waals surface area contributed by atoms with Crippen LogP contribution in [0.25, 0.3) is 0 Å². The predicted octanol–water partition coefficient (Wildman–Crippen LogP) is 0.161. The Balaban J connectivity index is 1.86. The molecule has 0 bridgehead atoms. The van der Waals surface area contributed by atoms with Crippen molar-refractivity contribution in [3.8, 4) is 0 Å². The topological polar surface area (TPSA) is 98.7 Å². The zero-order valence-corrected chi connectivity index (χ0v) is 11.4. The molecule has 112 valence electrons. The fourth-order valence-corrected chi connectivity index (χ4v) is 2.79. The van der Waals surface area contributed by atoms with Crippen LogP contribution in [0.4, 0.5) is 4.79 Å². The minimum absolute atomic E-state index is 0.0703. The van der Waals surface area contributed by atoms with Gasteiger partial charge in [0.25, 0.3) is 0 Å². The van der Waals surface area contributed by atoms with Crippen molar-refractivity contribution in [2.75, 3.05) is 19.6 Å². The second-order valence-electron chi connectivity index (χ2n) is 5.47. The molecule has 1 saturated carbocycles. The Bertz CT molecular complexity index is 399. The van der Waals surface area contributed by atoms with E-state index >= 15 is 0 Å². The van der Waals surface area contributed by atoms with Crippen LogP contribution in [0.1, 0.15) is 32.1 Å². The molecule has 0 aromatic heterocycles. The quantitative estimate of drug-likeness (QED) is 0.672. The summed E-state index contributed by atoms with van der Waals surface area (Å²) >= 11 is 0. The summed E-state index contributed by atoms with van der Waals surface area (Å²) in [5.41, 5.74) is 0. The molecule has 0 radical (unpaired) electrons. The van der Waals surface area contributed by atoms with Crippen LogP contribution in [-0.2, 0) is 9.59 Å². The molecule has 20 heavy (non-hydrogen) atoms. The van der Waals surface area contributed by atoms with E-state index in [9.17, 15) is 14.4 Å². The van der Waals surface area contributed by atoms with Gasteiger partial charge in [-0.1, -0.05) is 6.42 Å². The molecule has 2 aliphatic rings. The first-order chi connectivity index (χ1) is 9.56. The van der Waals surface area contributed by atoms with Crippen molar-refractivity contribution in [1.29, 1.82) is 0 Å². The van der Waals surface area contributed by atoms with E-state index in [1.807, 2.05) is 0 Å². The molecule has 0 spiro atoms. The summed E-state index contributed by atoms with van der Waals surface area (Å²) in [5, 5.41) is 14.6. The number of amides is 3. The summed E-state index contributed by atoms with van der Waals surface area (Å²) in [7, 11) is 0. The van der Waals surface area contributed by atoms with Gasteiger partial charge >= 0.3 is 12.0 Å². The van der Waals surface area contributed by atoms with Crippen molar-refractivity contribution in [2.45, 2.75) is 38.1 Å². The van der Waals surface area contributed by atoms with Crippen LogP contribution in [0.5, 0.6) is 0 Å². The van der Waals surface area contributed by atoms with Crippen LogP contribution in [0.3, 0.4) is 0 Å². The number of nitrogens with one attached hydrogen (secondary N) is 2.